The molecule has 2 aromatic carbocycles. The van der Waals surface area contributed by atoms with Crippen LogP contribution in [0, 0.1) is 0 Å². The summed E-state index contributed by atoms with van der Waals surface area (Å²) in [7, 11) is 3.46. The Bertz CT molecular complexity index is 1380. The third-order valence-electron chi connectivity index (χ3n) is 6.52. The molecule has 164 valence electrons. The van der Waals surface area contributed by atoms with E-state index in [9.17, 15) is 9.59 Å². The quantitative estimate of drug-likeness (QED) is 0.494. The molecule has 1 atom stereocenters. The van der Waals surface area contributed by atoms with Gasteiger partial charge in [0.05, 0.1) is 12.8 Å². The van der Waals surface area contributed by atoms with E-state index in [2.05, 4.69) is 12.0 Å². The lowest BCUT2D eigenvalue weighted by atomic mass is 10.0. The standard InChI is InChI=1S/C25H26N4O3/c1-16-8-6-7-15-28(16)24(30)22-21-19-9-4-5-10-20(19)27(2)23(21)25(31)29(26-22)17-11-13-18(32-3)14-12-17/h4-5,9-14,16H,6-8,15H2,1-3H3. The minimum atomic E-state index is -0.257. The van der Waals surface area contributed by atoms with E-state index in [-0.39, 0.29) is 17.5 Å². The highest BCUT2D eigenvalue weighted by molar-refractivity contribution is 6.16. The Hall–Kier alpha value is -3.61. The van der Waals surface area contributed by atoms with E-state index < -0.39 is 0 Å². The van der Waals surface area contributed by atoms with E-state index in [1.54, 1.807) is 31.4 Å². The molecule has 0 bridgehead atoms. The second-order valence-corrected chi connectivity index (χ2v) is 8.41. The number of hydrogen-bond acceptors (Lipinski definition) is 4. The number of carbonyl (C=O) groups is 1. The molecule has 1 unspecified atom stereocenters. The molecule has 3 heterocycles. The van der Waals surface area contributed by atoms with Gasteiger partial charge in [0.25, 0.3) is 11.5 Å². The molecule has 1 aliphatic rings. The van der Waals surface area contributed by atoms with Crippen LogP contribution < -0.4 is 10.3 Å². The number of hydrogen-bond donors (Lipinski definition) is 0. The Morgan fingerprint density at radius 1 is 1.09 bits per heavy atom. The van der Waals surface area contributed by atoms with Gasteiger partial charge < -0.3 is 14.2 Å². The Morgan fingerprint density at radius 2 is 1.84 bits per heavy atom. The third-order valence-corrected chi connectivity index (χ3v) is 6.52. The van der Waals surface area contributed by atoms with E-state index in [0.29, 0.717) is 34.6 Å². The minimum absolute atomic E-state index is 0.124. The molecule has 1 saturated heterocycles. The van der Waals surface area contributed by atoms with Gasteiger partial charge in [0.15, 0.2) is 5.69 Å². The van der Waals surface area contributed by atoms with Gasteiger partial charge in [-0.1, -0.05) is 18.2 Å². The average Bonchev–Trinajstić information content (AvgIpc) is 3.13. The SMILES string of the molecule is COc1ccc(-n2nc(C(=O)N3CCCCC3C)c3c4ccccc4n(C)c3c2=O)cc1. The zero-order valence-corrected chi connectivity index (χ0v) is 18.5. The van der Waals surface area contributed by atoms with Gasteiger partial charge in [-0.15, -0.1) is 0 Å². The van der Waals surface area contributed by atoms with Gasteiger partial charge in [-0.05, 0) is 56.5 Å². The molecule has 0 aliphatic carbocycles. The van der Waals surface area contributed by atoms with Gasteiger partial charge in [0.2, 0.25) is 0 Å². The molecule has 32 heavy (non-hydrogen) atoms. The van der Waals surface area contributed by atoms with Gasteiger partial charge >= 0.3 is 0 Å². The fourth-order valence-electron chi connectivity index (χ4n) is 4.76. The number of piperidine rings is 1. The second-order valence-electron chi connectivity index (χ2n) is 8.41. The lowest BCUT2D eigenvalue weighted by Gasteiger charge is -2.33. The van der Waals surface area contributed by atoms with Crippen molar-refractivity contribution >= 4 is 27.7 Å². The Labute approximate surface area is 185 Å². The van der Waals surface area contributed by atoms with Crippen LogP contribution in [0.2, 0.25) is 0 Å². The van der Waals surface area contributed by atoms with Crippen LogP contribution in [-0.4, -0.2) is 44.9 Å². The van der Waals surface area contributed by atoms with Crippen LogP contribution in [0.15, 0.2) is 53.3 Å². The van der Waals surface area contributed by atoms with Crippen LogP contribution >= 0.6 is 0 Å². The second kappa shape index (κ2) is 7.82. The highest BCUT2D eigenvalue weighted by Crippen LogP contribution is 2.30. The van der Waals surface area contributed by atoms with Crippen molar-refractivity contribution in [2.45, 2.75) is 32.2 Å². The van der Waals surface area contributed by atoms with E-state index in [1.165, 1.54) is 4.68 Å². The normalized spacial score (nSPS) is 16.6. The molecule has 2 aromatic heterocycles. The van der Waals surface area contributed by atoms with Gasteiger partial charge in [-0.25, -0.2) is 0 Å². The summed E-state index contributed by atoms with van der Waals surface area (Å²) in [5, 5.41) is 6.15. The van der Waals surface area contributed by atoms with E-state index in [4.69, 9.17) is 4.74 Å². The van der Waals surface area contributed by atoms with Gasteiger partial charge in [0.1, 0.15) is 11.3 Å². The maximum absolute atomic E-state index is 13.8. The summed E-state index contributed by atoms with van der Waals surface area (Å²) in [6.07, 6.45) is 3.07. The van der Waals surface area contributed by atoms with Crippen molar-refractivity contribution in [2.75, 3.05) is 13.7 Å². The third kappa shape index (κ3) is 3.07. The van der Waals surface area contributed by atoms with E-state index >= 15 is 0 Å². The molecule has 1 fully saturated rings. The zero-order valence-electron chi connectivity index (χ0n) is 18.5. The molecule has 5 rings (SSSR count). The van der Waals surface area contributed by atoms with Crippen molar-refractivity contribution < 1.29 is 9.53 Å². The van der Waals surface area contributed by atoms with E-state index in [1.807, 2.05) is 40.8 Å². The van der Waals surface area contributed by atoms with Crippen molar-refractivity contribution in [3.63, 3.8) is 0 Å². The summed E-state index contributed by atoms with van der Waals surface area (Å²) in [6.45, 7) is 2.78. The van der Waals surface area contributed by atoms with Crippen molar-refractivity contribution in [1.82, 2.24) is 19.2 Å². The molecule has 0 saturated carbocycles. The number of aromatic nitrogens is 3. The number of aryl methyl sites for hydroxylation is 1. The predicted octanol–water partition coefficient (Wildman–Crippen LogP) is 3.90. The Kier molecular flexibility index (Phi) is 4.96. The number of carbonyl (C=O) groups excluding carboxylic acids is 1. The first kappa shape index (κ1) is 20.3. The molecule has 0 radical (unpaired) electrons. The monoisotopic (exact) mass is 430 g/mol. The number of ether oxygens (including phenoxy) is 1. The lowest BCUT2D eigenvalue weighted by Crippen LogP contribution is -2.43. The largest absolute Gasteiger partial charge is 0.497 e. The first-order valence-electron chi connectivity index (χ1n) is 11.0. The number of para-hydroxylation sites is 1. The van der Waals surface area contributed by atoms with Crippen LogP contribution in [0.1, 0.15) is 36.7 Å². The van der Waals surface area contributed by atoms with Crippen molar-refractivity contribution in [3.8, 4) is 11.4 Å². The zero-order chi connectivity index (χ0) is 22.4. The molecule has 1 amide bonds. The van der Waals surface area contributed by atoms with Crippen LogP contribution in [-0.2, 0) is 7.05 Å². The molecule has 1 aliphatic heterocycles. The van der Waals surface area contributed by atoms with E-state index in [0.717, 1.165) is 30.2 Å². The fourth-order valence-corrected chi connectivity index (χ4v) is 4.76. The molecular formula is C25H26N4O3. The number of likely N-dealkylation sites (tertiary alicyclic amines) is 1. The Balaban J connectivity index is 1.82. The smallest absolute Gasteiger partial charge is 0.296 e. The summed E-state index contributed by atoms with van der Waals surface area (Å²) in [6, 6.07) is 15.0. The molecule has 0 spiro atoms. The molecule has 7 nitrogen and oxygen atoms in total. The van der Waals surface area contributed by atoms with Crippen LogP contribution in [0.25, 0.3) is 27.5 Å². The first-order valence-corrected chi connectivity index (χ1v) is 11.0. The van der Waals surface area contributed by atoms with Gasteiger partial charge in [-0.3, -0.25) is 9.59 Å². The number of methoxy groups -OCH3 is 1. The number of nitrogens with zero attached hydrogens (tertiary/aromatic N) is 4. The maximum atomic E-state index is 13.8. The summed E-state index contributed by atoms with van der Waals surface area (Å²) < 4.78 is 8.45. The molecular weight excluding hydrogens is 404 g/mol. The number of benzene rings is 2. The summed E-state index contributed by atoms with van der Waals surface area (Å²) in [4.78, 5) is 29.3. The number of fused-ring (bicyclic) bond motifs is 3. The topological polar surface area (TPSA) is 69.4 Å². The Morgan fingerprint density at radius 3 is 2.56 bits per heavy atom. The fraction of sp³-hybridized carbons (Fsp3) is 0.320. The molecule has 4 aromatic rings. The van der Waals surface area contributed by atoms with Crippen LogP contribution in [0.4, 0.5) is 0 Å². The van der Waals surface area contributed by atoms with Crippen molar-refractivity contribution in [1.29, 1.82) is 0 Å². The highest BCUT2D eigenvalue weighted by atomic mass is 16.5. The lowest BCUT2D eigenvalue weighted by molar-refractivity contribution is 0.0630. The van der Waals surface area contributed by atoms with Crippen LogP contribution in [0.5, 0.6) is 5.75 Å². The van der Waals surface area contributed by atoms with Crippen LogP contribution in [0.3, 0.4) is 0 Å². The summed E-state index contributed by atoms with van der Waals surface area (Å²) in [5.74, 6) is 0.562. The first-order chi connectivity index (χ1) is 15.5. The highest BCUT2D eigenvalue weighted by Gasteiger charge is 2.30. The average molecular weight is 431 g/mol. The van der Waals surface area contributed by atoms with Gasteiger partial charge in [-0.2, -0.15) is 9.78 Å². The predicted molar refractivity (Wildman–Crippen MR) is 125 cm³/mol. The maximum Gasteiger partial charge on any atom is 0.296 e. The summed E-state index contributed by atoms with van der Waals surface area (Å²) >= 11 is 0. The van der Waals surface area contributed by atoms with Crippen molar-refractivity contribution in [2.24, 2.45) is 7.05 Å². The number of rotatable bonds is 3. The molecule has 7 heteroatoms. The molecule has 0 N–H and O–H groups in total. The van der Waals surface area contributed by atoms with Gasteiger partial charge in [0, 0.05) is 35.9 Å². The minimum Gasteiger partial charge on any atom is -0.497 e. The summed E-state index contributed by atoms with van der Waals surface area (Å²) in [5.41, 5.74) is 2.02. The van der Waals surface area contributed by atoms with Crippen molar-refractivity contribution in [3.05, 3.63) is 64.6 Å². The number of amides is 1.